The van der Waals surface area contributed by atoms with Crippen LogP contribution in [0.4, 0.5) is 0 Å². The summed E-state index contributed by atoms with van der Waals surface area (Å²) in [5, 5.41) is 19.5. The summed E-state index contributed by atoms with van der Waals surface area (Å²) in [4.78, 5) is 11.8. The minimum absolute atomic E-state index is 0.0111. The average molecular weight is 224 g/mol. The Morgan fingerprint density at radius 1 is 1.56 bits per heavy atom. The number of H-pyrrole nitrogens is 1. The number of nitrogens with one attached hydrogen (secondary N) is 3. The van der Waals surface area contributed by atoms with Gasteiger partial charge in [0.15, 0.2) is 5.82 Å². The van der Waals surface area contributed by atoms with Crippen molar-refractivity contribution in [3.63, 3.8) is 0 Å². The lowest BCUT2D eigenvalue weighted by Gasteiger charge is -2.23. The van der Waals surface area contributed by atoms with Gasteiger partial charge in [-0.3, -0.25) is 4.79 Å². The first-order valence-corrected chi connectivity index (χ1v) is 5.54. The summed E-state index contributed by atoms with van der Waals surface area (Å²) in [5.41, 5.74) is 0. The van der Waals surface area contributed by atoms with Crippen LogP contribution in [0.3, 0.4) is 0 Å². The zero-order valence-electron chi connectivity index (χ0n) is 9.23. The Bertz CT molecular complexity index is 332. The highest BCUT2D eigenvalue weighted by Gasteiger charge is 2.23. The van der Waals surface area contributed by atoms with Crippen molar-refractivity contribution in [2.45, 2.75) is 38.3 Å². The molecular formula is C9H16N6O. The molecule has 0 saturated carbocycles. The molecule has 7 heteroatoms. The van der Waals surface area contributed by atoms with Crippen LogP contribution in [0.1, 0.15) is 38.1 Å². The zero-order valence-corrected chi connectivity index (χ0v) is 9.23. The van der Waals surface area contributed by atoms with E-state index in [2.05, 4.69) is 31.3 Å². The quantitative estimate of drug-likeness (QED) is 0.644. The highest BCUT2D eigenvalue weighted by Crippen LogP contribution is 2.09. The predicted octanol–water partition coefficient (Wildman–Crippen LogP) is -0.481. The SMILES string of the molecule is CC(NC(=O)C1CCCCN1)c1nn[nH]n1. The van der Waals surface area contributed by atoms with Gasteiger partial charge < -0.3 is 10.6 Å². The third-order valence-corrected chi connectivity index (χ3v) is 2.73. The molecule has 1 aromatic rings. The van der Waals surface area contributed by atoms with E-state index in [-0.39, 0.29) is 18.0 Å². The van der Waals surface area contributed by atoms with Gasteiger partial charge in [0.05, 0.1) is 12.1 Å². The van der Waals surface area contributed by atoms with Crippen LogP contribution in [-0.4, -0.2) is 39.1 Å². The van der Waals surface area contributed by atoms with E-state index in [1.54, 1.807) is 0 Å². The Balaban J connectivity index is 1.86. The van der Waals surface area contributed by atoms with Crippen molar-refractivity contribution in [1.82, 2.24) is 31.3 Å². The third-order valence-electron chi connectivity index (χ3n) is 2.73. The Kier molecular flexibility index (Phi) is 3.45. The summed E-state index contributed by atoms with van der Waals surface area (Å²) >= 11 is 0. The molecule has 2 rings (SSSR count). The molecular weight excluding hydrogens is 208 g/mol. The normalized spacial score (nSPS) is 22.7. The number of tetrazole rings is 1. The van der Waals surface area contributed by atoms with E-state index in [9.17, 15) is 4.79 Å². The molecule has 0 spiro atoms. The zero-order chi connectivity index (χ0) is 11.4. The second-order valence-corrected chi connectivity index (χ2v) is 4.00. The smallest absolute Gasteiger partial charge is 0.237 e. The first-order chi connectivity index (χ1) is 7.77. The number of hydrogen-bond acceptors (Lipinski definition) is 5. The van der Waals surface area contributed by atoms with Crippen molar-refractivity contribution in [2.24, 2.45) is 0 Å². The number of carbonyl (C=O) groups excluding carboxylic acids is 1. The number of rotatable bonds is 3. The molecule has 0 radical (unpaired) electrons. The van der Waals surface area contributed by atoms with Gasteiger partial charge in [0, 0.05) is 0 Å². The second-order valence-electron chi connectivity index (χ2n) is 4.00. The Labute approximate surface area is 93.4 Å². The molecule has 7 nitrogen and oxygen atoms in total. The van der Waals surface area contributed by atoms with Crippen LogP contribution >= 0.6 is 0 Å². The lowest BCUT2D eigenvalue weighted by molar-refractivity contribution is -0.124. The van der Waals surface area contributed by atoms with Gasteiger partial charge in [-0.1, -0.05) is 11.6 Å². The summed E-state index contributed by atoms with van der Waals surface area (Å²) in [6.07, 6.45) is 3.14. The maximum Gasteiger partial charge on any atom is 0.237 e. The molecule has 2 heterocycles. The van der Waals surface area contributed by atoms with Crippen molar-refractivity contribution in [3.8, 4) is 0 Å². The first-order valence-electron chi connectivity index (χ1n) is 5.54. The second kappa shape index (κ2) is 5.02. The molecule has 0 bridgehead atoms. The van der Waals surface area contributed by atoms with Crippen LogP contribution in [0.5, 0.6) is 0 Å². The molecule has 88 valence electrons. The summed E-state index contributed by atoms with van der Waals surface area (Å²) in [6, 6.07) is -0.293. The van der Waals surface area contributed by atoms with E-state index >= 15 is 0 Å². The van der Waals surface area contributed by atoms with Gasteiger partial charge >= 0.3 is 0 Å². The van der Waals surface area contributed by atoms with Crippen molar-refractivity contribution >= 4 is 5.91 Å². The minimum Gasteiger partial charge on any atom is -0.345 e. The van der Waals surface area contributed by atoms with Crippen molar-refractivity contribution < 1.29 is 4.79 Å². The van der Waals surface area contributed by atoms with Gasteiger partial charge in [0.25, 0.3) is 0 Å². The van der Waals surface area contributed by atoms with E-state index in [1.807, 2.05) is 6.92 Å². The predicted molar refractivity (Wildman–Crippen MR) is 56.4 cm³/mol. The number of amides is 1. The van der Waals surface area contributed by atoms with Crippen molar-refractivity contribution in [2.75, 3.05) is 6.54 Å². The Hall–Kier alpha value is -1.50. The van der Waals surface area contributed by atoms with Crippen LogP contribution in [0.15, 0.2) is 0 Å². The monoisotopic (exact) mass is 224 g/mol. The molecule has 1 aliphatic rings. The molecule has 2 unspecified atom stereocenters. The highest BCUT2D eigenvalue weighted by molar-refractivity contribution is 5.82. The molecule has 16 heavy (non-hydrogen) atoms. The lowest BCUT2D eigenvalue weighted by Crippen LogP contribution is -2.47. The molecule has 3 N–H and O–H groups in total. The molecule has 0 aromatic carbocycles. The van der Waals surface area contributed by atoms with Crippen LogP contribution < -0.4 is 10.6 Å². The fourth-order valence-corrected chi connectivity index (χ4v) is 1.81. The molecule has 1 aliphatic heterocycles. The molecule has 1 saturated heterocycles. The summed E-state index contributed by atoms with van der Waals surface area (Å²) in [5.74, 6) is 0.515. The largest absolute Gasteiger partial charge is 0.345 e. The fraction of sp³-hybridized carbons (Fsp3) is 0.778. The van der Waals surface area contributed by atoms with Crippen LogP contribution in [-0.2, 0) is 4.79 Å². The topological polar surface area (TPSA) is 95.6 Å². The summed E-state index contributed by atoms with van der Waals surface area (Å²) < 4.78 is 0. The van der Waals surface area contributed by atoms with Gasteiger partial charge in [0.1, 0.15) is 0 Å². The number of hydrogen-bond donors (Lipinski definition) is 3. The molecule has 0 aliphatic carbocycles. The number of aromatic nitrogens is 4. The number of piperidine rings is 1. The van der Waals surface area contributed by atoms with Crippen molar-refractivity contribution in [1.29, 1.82) is 0 Å². The van der Waals surface area contributed by atoms with Crippen LogP contribution in [0.25, 0.3) is 0 Å². The van der Waals surface area contributed by atoms with Crippen LogP contribution in [0.2, 0.25) is 0 Å². The standard InChI is InChI=1S/C9H16N6O/c1-6(8-12-14-15-13-8)11-9(16)7-4-2-3-5-10-7/h6-7,10H,2-5H2,1H3,(H,11,16)(H,12,13,14,15). The first kappa shape index (κ1) is 11.0. The Morgan fingerprint density at radius 2 is 2.44 bits per heavy atom. The van der Waals surface area contributed by atoms with E-state index in [1.165, 1.54) is 0 Å². The fourth-order valence-electron chi connectivity index (χ4n) is 1.81. The number of carbonyl (C=O) groups is 1. The van der Waals surface area contributed by atoms with Gasteiger partial charge in [-0.15, -0.1) is 10.2 Å². The third kappa shape index (κ3) is 2.54. The maximum absolute atomic E-state index is 11.8. The van der Waals surface area contributed by atoms with Gasteiger partial charge in [-0.05, 0) is 26.3 Å². The van der Waals surface area contributed by atoms with E-state index in [0.29, 0.717) is 5.82 Å². The maximum atomic E-state index is 11.8. The lowest BCUT2D eigenvalue weighted by atomic mass is 10.0. The number of aromatic amines is 1. The van der Waals surface area contributed by atoms with Gasteiger partial charge in [-0.2, -0.15) is 5.21 Å². The molecule has 1 fully saturated rings. The molecule has 1 amide bonds. The molecule has 1 aromatic heterocycles. The highest BCUT2D eigenvalue weighted by atomic mass is 16.2. The molecule has 2 atom stereocenters. The van der Waals surface area contributed by atoms with E-state index < -0.39 is 0 Å². The van der Waals surface area contributed by atoms with Crippen molar-refractivity contribution in [3.05, 3.63) is 5.82 Å². The van der Waals surface area contributed by atoms with Gasteiger partial charge in [-0.25, -0.2) is 0 Å². The summed E-state index contributed by atoms with van der Waals surface area (Å²) in [6.45, 7) is 2.75. The Morgan fingerprint density at radius 3 is 3.06 bits per heavy atom. The van der Waals surface area contributed by atoms with E-state index in [0.717, 1.165) is 25.8 Å². The van der Waals surface area contributed by atoms with Gasteiger partial charge in [0.2, 0.25) is 5.91 Å². The van der Waals surface area contributed by atoms with E-state index in [4.69, 9.17) is 0 Å². The minimum atomic E-state index is -0.213. The average Bonchev–Trinajstić information content (AvgIpc) is 2.83. The van der Waals surface area contributed by atoms with Crippen LogP contribution in [0, 0.1) is 0 Å². The number of nitrogens with zero attached hydrogens (tertiary/aromatic N) is 3. The summed E-state index contributed by atoms with van der Waals surface area (Å²) in [7, 11) is 0.